The SMILES string of the molecule is c1ccc(N(c2ccccc2)c2ccc3c(c2)oc2cc4c(cc23)-c2c(cc(N(c3ccccc3)c3ccccc3)c3c2sc2ccccc23)C42C3CC4CC(C3)CC2C4)cc1. The molecule has 4 heteroatoms. The number of anilines is 6. The molecule has 10 aromatic rings. The average Bonchev–Trinajstić information content (AvgIpc) is 3.97. The van der Waals surface area contributed by atoms with E-state index in [-0.39, 0.29) is 5.41 Å². The van der Waals surface area contributed by atoms with Crippen molar-refractivity contribution in [2.75, 3.05) is 9.80 Å². The van der Waals surface area contributed by atoms with Crippen LogP contribution in [0, 0.1) is 23.7 Å². The summed E-state index contributed by atoms with van der Waals surface area (Å²) in [5, 5.41) is 5.06. The number of benzene rings is 8. The van der Waals surface area contributed by atoms with Gasteiger partial charge in [0.15, 0.2) is 0 Å². The molecule has 0 aliphatic heterocycles. The summed E-state index contributed by atoms with van der Waals surface area (Å²) in [5.74, 6) is 2.91. The van der Waals surface area contributed by atoms with E-state index in [4.69, 9.17) is 4.42 Å². The zero-order chi connectivity index (χ0) is 40.5. The van der Waals surface area contributed by atoms with E-state index in [1.807, 2.05) is 11.3 Å². The van der Waals surface area contributed by atoms with Gasteiger partial charge < -0.3 is 14.2 Å². The molecule has 8 aromatic carbocycles. The summed E-state index contributed by atoms with van der Waals surface area (Å²) in [4.78, 5) is 4.87. The maximum atomic E-state index is 7.11. The van der Waals surface area contributed by atoms with E-state index in [0.717, 1.165) is 40.1 Å². The number of fused-ring (bicyclic) bond motifs is 10. The first-order chi connectivity index (χ1) is 30.7. The Bertz CT molecular complexity index is 3260. The first-order valence-electron chi connectivity index (χ1n) is 22.5. The molecule has 0 radical (unpaired) electrons. The zero-order valence-corrected chi connectivity index (χ0v) is 35.2. The summed E-state index contributed by atoms with van der Waals surface area (Å²) >= 11 is 1.99. The van der Waals surface area contributed by atoms with Gasteiger partial charge in [0.25, 0.3) is 0 Å². The van der Waals surface area contributed by atoms with Gasteiger partial charge in [-0.05, 0) is 157 Å². The van der Waals surface area contributed by atoms with E-state index in [9.17, 15) is 0 Å². The lowest BCUT2D eigenvalue weighted by Crippen LogP contribution is -2.55. The molecule has 15 rings (SSSR count). The van der Waals surface area contributed by atoms with Crippen molar-refractivity contribution in [2.45, 2.75) is 37.5 Å². The standard InChI is InChI=1S/C58H44N2OS/c1-5-15-40(16-6-1)59(41-17-7-2-8-18-41)44-25-26-45-47-33-48-49(35-53(47)61-52(45)32-44)58(38-28-36-27-37(30-38)31-39(58)29-36)50-34-51(56-46-23-13-14-24-54(46)62-57(56)55(48)50)60(42-19-9-3-10-20-42)43-21-11-4-12-22-43/h1-26,32-39H,27-31H2. The van der Waals surface area contributed by atoms with E-state index in [1.165, 1.54) is 96.8 Å². The quantitative estimate of drug-likeness (QED) is 0.167. The Balaban J connectivity index is 1.05. The first-order valence-corrected chi connectivity index (χ1v) is 23.3. The van der Waals surface area contributed by atoms with E-state index in [1.54, 1.807) is 5.56 Å². The highest BCUT2D eigenvalue weighted by Crippen LogP contribution is 2.71. The molecule has 3 nitrogen and oxygen atoms in total. The molecular weight excluding hydrogens is 773 g/mol. The minimum absolute atomic E-state index is 0.0635. The monoisotopic (exact) mass is 816 g/mol. The van der Waals surface area contributed by atoms with E-state index in [0.29, 0.717) is 11.8 Å². The summed E-state index contributed by atoms with van der Waals surface area (Å²) in [5.41, 5.74) is 14.9. The lowest BCUT2D eigenvalue weighted by Gasteiger charge is -2.61. The summed E-state index contributed by atoms with van der Waals surface area (Å²) in [6.07, 6.45) is 6.71. The fourth-order valence-corrected chi connectivity index (χ4v) is 14.6. The predicted octanol–water partition coefficient (Wildman–Crippen LogP) is 16.6. The highest BCUT2D eigenvalue weighted by molar-refractivity contribution is 7.26. The molecule has 0 amide bonds. The molecule has 4 bridgehead atoms. The summed E-state index contributed by atoms with van der Waals surface area (Å²) < 4.78 is 9.86. The van der Waals surface area contributed by atoms with Gasteiger partial charge in [0.05, 0.1) is 5.69 Å². The minimum Gasteiger partial charge on any atom is -0.456 e. The first kappa shape index (κ1) is 35.0. The maximum Gasteiger partial charge on any atom is 0.137 e. The molecule has 298 valence electrons. The van der Waals surface area contributed by atoms with Gasteiger partial charge >= 0.3 is 0 Å². The Kier molecular flexibility index (Phi) is 7.45. The number of hydrogen-bond donors (Lipinski definition) is 0. The van der Waals surface area contributed by atoms with Gasteiger partial charge in [0, 0.05) is 76.4 Å². The maximum absolute atomic E-state index is 7.11. The Morgan fingerprint density at radius 1 is 0.452 bits per heavy atom. The Labute approximate surface area is 365 Å². The third-order valence-electron chi connectivity index (χ3n) is 15.4. The predicted molar refractivity (Wildman–Crippen MR) is 259 cm³/mol. The average molecular weight is 817 g/mol. The van der Waals surface area contributed by atoms with Crippen LogP contribution in [0.25, 0.3) is 53.2 Å². The van der Waals surface area contributed by atoms with Crippen LogP contribution in [0.15, 0.2) is 186 Å². The Morgan fingerprint density at radius 3 is 1.61 bits per heavy atom. The molecule has 5 aliphatic rings. The second kappa shape index (κ2) is 13.2. The van der Waals surface area contributed by atoms with Crippen molar-refractivity contribution in [3.8, 4) is 11.1 Å². The second-order valence-electron chi connectivity index (χ2n) is 18.5. The number of hydrogen-bond acceptors (Lipinski definition) is 4. The Morgan fingerprint density at radius 2 is 1.00 bits per heavy atom. The van der Waals surface area contributed by atoms with Crippen LogP contribution in [0.5, 0.6) is 0 Å². The molecule has 0 unspecified atom stereocenters. The lowest BCUT2D eigenvalue weighted by molar-refractivity contribution is -0.0398. The molecule has 5 aliphatic carbocycles. The second-order valence-corrected chi connectivity index (χ2v) is 19.5. The number of nitrogens with zero attached hydrogens (tertiary/aromatic N) is 2. The van der Waals surface area contributed by atoms with Crippen LogP contribution < -0.4 is 9.80 Å². The molecule has 4 fully saturated rings. The van der Waals surface area contributed by atoms with E-state index in [2.05, 4.69) is 192 Å². The summed E-state index contributed by atoms with van der Waals surface area (Å²) in [7, 11) is 0. The molecule has 1 spiro atoms. The minimum atomic E-state index is -0.0635. The highest BCUT2D eigenvalue weighted by atomic mass is 32.1. The smallest absolute Gasteiger partial charge is 0.137 e. The Hall–Kier alpha value is -6.62. The van der Waals surface area contributed by atoms with Gasteiger partial charge in [-0.25, -0.2) is 0 Å². The van der Waals surface area contributed by atoms with Crippen LogP contribution in [0.4, 0.5) is 34.1 Å². The number of thiophene rings is 1. The summed E-state index contributed by atoms with van der Waals surface area (Å²) in [6.45, 7) is 0. The topological polar surface area (TPSA) is 19.6 Å². The normalized spacial score (nSPS) is 21.9. The van der Waals surface area contributed by atoms with Crippen molar-refractivity contribution in [1.82, 2.24) is 0 Å². The fourth-order valence-electron chi connectivity index (χ4n) is 13.3. The van der Waals surface area contributed by atoms with Crippen LogP contribution in [-0.2, 0) is 5.41 Å². The largest absolute Gasteiger partial charge is 0.456 e. The van der Waals surface area contributed by atoms with Gasteiger partial charge in [-0.2, -0.15) is 0 Å². The van der Waals surface area contributed by atoms with Crippen LogP contribution >= 0.6 is 11.3 Å². The van der Waals surface area contributed by atoms with Crippen molar-refractivity contribution < 1.29 is 4.42 Å². The fraction of sp³-hybridized carbons (Fsp3) is 0.172. The third kappa shape index (κ3) is 4.87. The van der Waals surface area contributed by atoms with Crippen molar-refractivity contribution in [2.24, 2.45) is 23.7 Å². The van der Waals surface area contributed by atoms with Gasteiger partial charge in [-0.1, -0.05) is 91.0 Å². The molecule has 0 N–H and O–H groups in total. The van der Waals surface area contributed by atoms with Crippen LogP contribution in [0.1, 0.15) is 43.2 Å². The van der Waals surface area contributed by atoms with Crippen LogP contribution in [-0.4, -0.2) is 0 Å². The molecule has 62 heavy (non-hydrogen) atoms. The number of para-hydroxylation sites is 4. The molecular formula is C58H44N2OS. The van der Waals surface area contributed by atoms with E-state index >= 15 is 0 Å². The third-order valence-corrected chi connectivity index (χ3v) is 16.6. The number of rotatable bonds is 6. The zero-order valence-electron chi connectivity index (χ0n) is 34.4. The van der Waals surface area contributed by atoms with Gasteiger partial charge in [0.1, 0.15) is 11.2 Å². The van der Waals surface area contributed by atoms with E-state index < -0.39 is 0 Å². The van der Waals surface area contributed by atoms with Gasteiger partial charge in [0.2, 0.25) is 0 Å². The van der Waals surface area contributed by atoms with Gasteiger partial charge in [-0.15, -0.1) is 11.3 Å². The molecule has 0 saturated heterocycles. The number of furan rings is 1. The lowest BCUT2D eigenvalue weighted by atomic mass is 9.43. The molecule has 4 saturated carbocycles. The van der Waals surface area contributed by atoms with Crippen LogP contribution in [0.3, 0.4) is 0 Å². The van der Waals surface area contributed by atoms with Crippen molar-refractivity contribution in [3.63, 3.8) is 0 Å². The molecule has 2 heterocycles. The molecule has 2 aromatic heterocycles. The molecule has 0 atom stereocenters. The van der Waals surface area contributed by atoms with Gasteiger partial charge in [-0.3, -0.25) is 0 Å². The summed E-state index contributed by atoms with van der Waals surface area (Å²) in [6, 6.07) is 67.1. The van der Waals surface area contributed by atoms with Crippen molar-refractivity contribution in [1.29, 1.82) is 0 Å². The highest BCUT2D eigenvalue weighted by Gasteiger charge is 2.62. The van der Waals surface area contributed by atoms with Crippen LogP contribution in [0.2, 0.25) is 0 Å². The van der Waals surface area contributed by atoms with Crippen molar-refractivity contribution in [3.05, 3.63) is 193 Å². The van der Waals surface area contributed by atoms with Crippen molar-refractivity contribution >= 4 is 87.6 Å².